The molecule has 0 aromatic carbocycles. The van der Waals surface area contributed by atoms with Gasteiger partial charge in [0.1, 0.15) is 0 Å². The molecule has 0 saturated carbocycles. The molecule has 1 atom stereocenters. The number of likely N-dealkylation sites (tertiary alicyclic amines) is 1. The predicted octanol–water partition coefficient (Wildman–Crippen LogP) is 2.03. The molecule has 2 aliphatic rings. The highest BCUT2D eigenvalue weighted by atomic mass is 15.4. The summed E-state index contributed by atoms with van der Waals surface area (Å²) >= 11 is 0. The maximum atomic E-state index is 4.71. The topological polar surface area (TPSA) is 31.7 Å². The molecular weight excluding hydrogens is 248 g/mol. The first-order valence-corrected chi connectivity index (χ1v) is 7.80. The molecule has 0 aliphatic carbocycles. The highest BCUT2D eigenvalue weighted by Gasteiger charge is 2.27. The minimum Gasteiger partial charge on any atom is -0.343 e. The number of piperidine rings is 1. The fourth-order valence-electron chi connectivity index (χ4n) is 3.34. The van der Waals surface area contributed by atoms with E-state index in [4.69, 9.17) is 4.99 Å². The van der Waals surface area contributed by atoms with Crippen molar-refractivity contribution in [2.45, 2.75) is 26.2 Å². The van der Waals surface area contributed by atoms with Gasteiger partial charge in [0.2, 0.25) is 0 Å². The lowest BCUT2D eigenvalue weighted by molar-refractivity contribution is 0.234. The van der Waals surface area contributed by atoms with Crippen molar-refractivity contribution in [2.75, 3.05) is 32.7 Å². The van der Waals surface area contributed by atoms with Gasteiger partial charge in [-0.2, -0.15) is 0 Å². The largest absolute Gasteiger partial charge is 0.343 e. The zero-order valence-electron chi connectivity index (χ0n) is 12.3. The second kappa shape index (κ2) is 6.25. The minimum absolute atomic E-state index is 0.731. The smallest absolute Gasteiger partial charge is 0.196 e. The van der Waals surface area contributed by atoms with Crippen LogP contribution >= 0.6 is 0 Å². The molecule has 2 aliphatic heterocycles. The Labute approximate surface area is 121 Å². The first-order chi connectivity index (χ1) is 9.86. The van der Waals surface area contributed by atoms with Gasteiger partial charge in [0.25, 0.3) is 0 Å². The Hall–Kier alpha value is -1.58. The molecule has 108 valence electrons. The summed E-state index contributed by atoms with van der Waals surface area (Å²) in [6.07, 6.45) is 7.60. The van der Waals surface area contributed by atoms with E-state index in [2.05, 4.69) is 27.8 Å². The molecule has 4 nitrogen and oxygen atoms in total. The van der Waals surface area contributed by atoms with E-state index in [0.29, 0.717) is 0 Å². The van der Waals surface area contributed by atoms with E-state index in [-0.39, 0.29) is 0 Å². The van der Waals surface area contributed by atoms with E-state index in [0.717, 1.165) is 38.5 Å². The van der Waals surface area contributed by atoms with Crippen LogP contribution in [0.2, 0.25) is 0 Å². The zero-order valence-corrected chi connectivity index (χ0v) is 12.3. The second-order valence-electron chi connectivity index (χ2n) is 5.78. The maximum Gasteiger partial charge on any atom is 0.196 e. The van der Waals surface area contributed by atoms with E-state index in [1.165, 1.54) is 30.9 Å². The van der Waals surface area contributed by atoms with Crippen molar-refractivity contribution < 1.29 is 0 Å². The third-order valence-electron chi connectivity index (χ3n) is 4.34. The van der Waals surface area contributed by atoms with Crippen LogP contribution in [0.5, 0.6) is 0 Å². The molecule has 1 fully saturated rings. The molecule has 1 saturated heterocycles. The van der Waals surface area contributed by atoms with Gasteiger partial charge in [-0.1, -0.05) is 6.07 Å². The van der Waals surface area contributed by atoms with Gasteiger partial charge in [0.15, 0.2) is 5.96 Å². The van der Waals surface area contributed by atoms with Gasteiger partial charge in [-0.25, -0.2) is 0 Å². The highest BCUT2D eigenvalue weighted by Crippen LogP contribution is 2.22. The SMILES string of the molecule is CCN1CCN=C1N1CCCC(Cc2cccnc2)C1. The number of aromatic nitrogens is 1. The molecule has 4 heteroatoms. The van der Waals surface area contributed by atoms with Crippen LogP contribution in [0.4, 0.5) is 0 Å². The Kier molecular flexibility index (Phi) is 4.19. The van der Waals surface area contributed by atoms with Crippen molar-refractivity contribution in [3.8, 4) is 0 Å². The highest BCUT2D eigenvalue weighted by molar-refractivity contribution is 5.81. The summed E-state index contributed by atoms with van der Waals surface area (Å²) in [4.78, 5) is 13.8. The minimum atomic E-state index is 0.731. The van der Waals surface area contributed by atoms with E-state index >= 15 is 0 Å². The quantitative estimate of drug-likeness (QED) is 0.844. The number of likely N-dealkylation sites (N-methyl/N-ethyl adjacent to an activating group) is 1. The summed E-state index contributed by atoms with van der Waals surface area (Å²) in [5.41, 5.74) is 1.36. The Bertz CT molecular complexity index is 457. The molecule has 20 heavy (non-hydrogen) atoms. The van der Waals surface area contributed by atoms with Gasteiger partial charge in [-0.3, -0.25) is 9.98 Å². The molecule has 0 N–H and O–H groups in total. The molecule has 3 rings (SSSR count). The van der Waals surface area contributed by atoms with Gasteiger partial charge in [-0.05, 0) is 43.7 Å². The number of pyridine rings is 1. The van der Waals surface area contributed by atoms with Crippen LogP contribution in [0.3, 0.4) is 0 Å². The van der Waals surface area contributed by atoms with Gasteiger partial charge in [0, 0.05) is 38.6 Å². The van der Waals surface area contributed by atoms with Crippen LogP contribution < -0.4 is 0 Å². The maximum absolute atomic E-state index is 4.71. The Morgan fingerprint density at radius 1 is 1.35 bits per heavy atom. The van der Waals surface area contributed by atoms with E-state index in [9.17, 15) is 0 Å². The first kappa shape index (κ1) is 13.4. The fraction of sp³-hybridized carbons (Fsp3) is 0.625. The lowest BCUT2D eigenvalue weighted by Crippen LogP contribution is -2.47. The van der Waals surface area contributed by atoms with Crippen LogP contribution in [0, 0.1) is 5.92 Å². The average molecular weight is 272 g/mol. The Balaban J connectivity index is 1.62. The predicted molar refractivity (Wildman–Crippen MR) is 81.8 cm³/mol. The molecule has 0 amide bonds. The van der Waals surface area contributed by atoms with Gasteiger partial charge >= 0.3 is 0 Å². The van der Waals surface area contributed by atoms with Crippen molar-refractivity contribution in [3.63, 3.8) is 0 Å². The van der Waals surface area contributed by atoms with Crippen LogP contribution in [0.25, 0.3) is 0 Å². The van der Waals surface area contributed by atoms with E-state index in [1.807, 2.05) is 18.5 Å². The summed E-state index contributed by atoms with van der Waals surface area (Å²) < 4.78 is 0. The van der Waals surface area contributed by atoms with Crippen LogP contribution in [-0.4, -0.2) is 53.5 Å². The van der Waals surface area contributed by atoms with E-state index in [1.54, 1.807) is 0 Å². The lowest BCUT2D eigenvalue weighted by atomic mass is 9.92. The van der Waals surface area contributed by atoms with Crippen LogP contribution in [-0.2, 0) is 6.42 Å². The second-order valence-corrected chi connectivity index (χ2v) is 5.78. The number of hydrogen-bond donors (Lipinski definition) is 0. The number of guanidine groups is 1. The molecule has 3 heterocycles. The van der Waals surface area contributed by atoms with E-state index < -0.39 is 0 Å². The first-order valence-electron chi connectivity index (χ1n) is 7.80. The van der Waals surface area contributed by atoms with Gasteiger partial charge in [0.05, 0.1) is 6.54 Å². The molecule has 0 radical (unpaired) electrons. The molecular formula is C16H24N4. The number of aliphatic imine (C=N–C) groups is 1. The summed E-state index contributed by atoms with van der Waals surface area (Å²) in [5, 5.41) is 0. The van der Waals surface area contributed by atoms with Gasteiger partial charge < -0.3 is 9.80 Å². The standard InChI is InChI=1S/C16H24N4/c1-2-19-10-8-18-16(19)20-9-4-6-15(13-20)11-14-5-3-7-17-12-14/h3,5,7,12,15H,2,4,6,8-11,13H2,1H3. The van der Waals surface area contributed by atoms with Crippen molar-refractivity contribution in [1.29, 1.82) is 0 Å². The zero-order chi connectivity index (χ0) is 13.8. The van der Waals surface area contributed by atoms with Crippen molar-refractivity contribution in [1.82, 2.24) is 14.8 Å². The molecule has 0 spiro atoms. The number of rotatable bonds is 3. The Morgan fingerprint density at radius 3 is 3.10 bits per heavy atom. The van der Waals surface area contributed by atoms with Crippen LogP contribution in [0.15, 0.2) is 29.5 Å². The monoisotopic (exact) mass is 272 g/mol. The Morgan fingerprint density at radius 2 is 2.30 bits per heavy atom. The summed E-state index contributed by atoms with van der Waals surface area (Å²) in [7, 11) is 0. The van der Waals surface area contributed by atoms with Crippen molar-refractivity contribution >= 4 is 5.96 Å². The van der Waals surface area contributed by atoms with Crippen molar-refractivity contribution in [2.24, 2.45) is 10.9 Å². The number of nitrogens with zero attached hydrogens (tertiary/aromatic N) is 4. The van der Waals surface area contributed by atoms with Crippen molar-refractivity contribution in [3.05, 3.63) is 30.1 Å². The summed E-state index contributed by atoms with van der Waals surface area (Å²) in [6, 6.07) is 4.23. The number of hydrogen-bond acceptors (Lipinski definition) is 4. The van der Waals surface area contributed by atoms with Gasteiger partial charge in [-0.15, -0.1) is 0 Å². The molecule has 0 bridgehead atoms. The average Bonchev–Trinajstić information content (AvgIpc) is 2.97. The molecule has 1 unspecified atom stereocenters. The normalized spacial score (nSPS) is 23.1. The fourth-order valence-corrected chi connectivity index (χ4v) is 3.34. The molecule has 1 aromatic heterocycles. The summed E-state index contributed by atoms with van der Waals surface area (Å²) in [5.74, 6) is 1.97. The van der Waals surface area contributed by atoms with Crippen LogP contribution in [0.1, 0.15) is 25.3 Å². The molecule has 1 aromatic rings. The summed E-state index contributed by atoms with van der Waals surface area (Å²) in [6.45, 7) is 7.66. The lowest BCUT2D eigenvalue weighted by Gasteiger charge is -2.37. The third-order valence-corrected chi connectivity index (χ3v) is 4.34. The third kappa shape index (κ3) is 2.94.